The number of pyridine rings is 1. The molecule has 0 aliphatic heterocycles. The lowest BCUT2D eigenvalue weighted by atomic mass is 9.91. The Kier molecular flexibility index (Phi) is 5.42. The van der Waals surface area contributed by atoms with Crippen LogP contribution in [0, 0.1) is 11.7 Å². The number of fused-ring (bicyclic) bond motifs is 1. The molecule has 2 heterocycles. The maximum Gasteiger partial charge on any atom is 0.252 e. The van der Waals surface area contributed by atoms with Gasteiger partial charge in [-0.25, -0.2) is 9.37 Å². The van der Waals surface area contributed by atoms with E-state index in [4.69, 9.17) is 11.5 Å². The number of hydrogen-bond acceptors (Lipinski definition) is 6. The van der Waals surface area contributed by atoms with E-state index in [1.807, 2.05) is 22.9 Å². The van der Waals surface area contributed by atoms with Crippen molar-refractivity contribution in [2.24, 2.45) is 17.4 Å². The SMILES string of the molecule is NC(=O)c1cc(F)c(N[C@@H]2CCCC[C@@H]2N)nc1Nc1cccc2c1cnn2CC1CC1. The summed E-state index contributed by atoms with van der Waals surface area (Å²) in [6.45, 7) is 0.893. The number of carbonyl (C=O) groups excluding carboxylic acids is 1. The fourth-order valence-corrected chi connectivity index (χ4v) is 4.42. The third-order valence-electron chi connectivity index (χ3n) is 6.45. The minimum absolute atomic E-state index is 0.0108. The molecule has 5 rings (SSSR count). The molecule has 2 fully saturated rings. The maximum absolute atomic E-state index is 14.8. The minimum atomic E-state index is -0.753. The molecule has 0 spiro atoms. The van der Waals surface area contributed by atoms with E-state index < -0.39 is 11.7 Å². The molecule has 0 unspecified atom stereocenters. The van der Waals surface area contributed by atoms with Gasteiger partial charge in [0, 0.05) is 24.0 Å². The highest BCUT2D eigenvalue weighted by Gasteiger charge is 2.25. The highest BCUT2D eigenvalue weighted by Crippen LogP contribution is 2.33. The van der Waals surface area contributed by atoms with Crippen LogP contribution >= 0.6 is 0 Å². The van der Waals surface area contributed by atoms with Gasteiger partial charge in [0.15, 0.2) is 11.6 Å². The van der Waals surface area contributed by atoms with E-state index in [9.17, 15) is 9.18 Å². The van der Waals surface area contributed by atoms with E-state index in [1.165, 1.54) is 12.8 Å². The highest BCUT2D eigenvalue weighted by atomic mass is 19.1. The lowest BCUT2D eigenvalue weighted by Gasteiger charge is -2.30. The smallest absolute Gasteiger partial charge is 0.252 e. The van der Waals surface area contributed by atoms with Crippen molar-refractivity contribution in [3.05, 3.63) is 41.8 Å². The number of halogens is 1. The first-order chi connectivity index (χ1) is 15.5. The Morgan fingerprint density at radius 2 is 2.00 bits per heavy atom. The average molecular weight is 438 g/mol. The lowest BCUT2D eigenvalue weighted by molar-refractivity contribution is 0.100. The summed E-state index contributed by atoms with van der Waals surface area (Å²) in [5.41, 5.74) is 13.5. The summed E-state index contributed by atoms with van der Waals surface area (Å²) in [7, 11) is 0. The molecule has 2 aliphatic rings. The van der Waals surface area contributed by atoms with Crippen LogP contribution < -0.4 is 22.1 Å². The molecule has 2 atom stereocenters. The van der Waals surface area contributed by atoms with Crippen LogP contribution in [0.1, 0.15) is 48.9 Å². The zero-order valence-electron chi connectivity index (χ0n) is 17.9. The number of nitrogens with one attached hydrogen (secondary N) is 2. The molecule has 6 N–H and O–H groups in total. The summed E-state index contributed by atoms with van der Waals surface area (Å²) < 4.78 is 16.8. The van der Waals surface area contributed by atoms with Crippen LogP contribution in [0.5, 0.6) is 0 Å². The number of nitrogens with two attached hydrogens (primary N) is 2. The molecule has 1 aromatic carbocycles. The number of carbonyl (C=O) groups is 1. The first-order valence-corrected chi connectivity index (χ1v) is 11.2. The molecule has 2 saturated carbocycles. The van der Waals surface area contributed by atoms with Gasteiger partial charge in [0.2, 0.25) is 0 Å². The van der Waals surface area contributed by atoms with Gasteiger partial charge < -0.3 is 22.1 Å². The van der Waals surface area contributed by atoms with E-state index in [-0.39, 0.29) is 29.3 Å². The maximum atomic E-state index is 14.8. The van der Waals surface area contributed by atoms with Gasteiger partial charge in [0.25, 0.3) is 5.91 Å². The predicted molar refractivity (Wildman–Crippen MR) is 122 cm³/mol. The summed E-state index contributed by atoms with van der Waals surface area (Å²) in [6.07, 6.45) is 8.11. The second-order valence-electron chi connectivity index (χ2n) is 8.91. The van der Waals surface area contributed by atoms with Crippen molar-refractivity contribution in [2.75, 3.05) is 10.6 Å². The van der Waals surface area contributed by atoms with Crippen molar-refractivity contribution in [3.63, 3.8) is 0 Å². The van der Waals surface area contributed by atoms with Crippen LogP contribution in [0.3, 0.4) is 0 Å². The Morgan fingerprint density at radius 3 is 2.75 bits per heavy atom. The van der Waals surface area contributed by atoms with E-state index >= 15 is 0 Å². The number of nitrogens with zero attached hydrogens (tertiary/aromatic N) is 3. The normalized spacial score (nSPS) is 20.9. The van der Waals surface area contributed by atoms with Gasteiger partial charge >= 0.3 is 0 Å². The zero-order valence-corrected chi connectivity index (χ0v) is 17.9. The molecule has 2 aromatic heterocycles. The number of rotatable bonds is 7. The van der Waals surface area contributed by atoms with Gasteiger partial charge in [-0.1, -0.05) is 18.9 Å². The Balaban J connectivity index is 1.48. The molecule has 3 aromatic rings. The minimum Gasteiger partial charge on any atom is -0.365 e. The Bertz CT molecular complexity index is 1160. The van der Waals surface area contributed by atoms with Gasteiger partial charge in [-0.05, 0) is 49.8 Å². The van der Waals surface area contributed by atoms with Crippen molar-refractivity contribution in [1.82, 2.24) is 14.8 Å². The van der Waals surface area contributed by atoms with Crippen molar-refractivity contribution < 1.29 is 9.18 Å². The van der Waals surface area contributed by atoms with Crippen LogP contribution in [0.4, 0.5) is 21.7 Å². The molecular formula is C23H28FN7O. The molecule has 9 heteroatoms. The number of amides is 1. The van der Waals surface area contributed by atoms with Gasteiger partial charge in [-0.3, -0.25) is 9.48 Å². The van der Waals surface area contributed by atoms with Gasteiger partial charge in [-0.15, -0.1) is 0 Å². The summed E-state index contributed by atoms with van der Waals surface area (Å²) >= 11 is 0. The van der Waals surface area contributed by atoms with Crippen LogP contribution in [-0.4, -0.2) is 32.8 Å². The molecule has 1 amide bonds. The average Bonchev–Trinajstić information content (AvgIpc) is 3.50. The largest absolute Gasteiger partial charge is 0.365 e. The van der Waals surface area contributed by atoms with Crippen molar-refractivity contribution in [3.8, 4) is 0 Å². The quantitative estimate of drug-likeness (QED) is 0.448. The second kappa shape index (κ2) is 8.38. The van der Waals surface area contributed by atoms with Gasteiger partial charge in [0.1, 0.15) is 5.82 Å². The number of hydrogen-bond donors (Lipinski definition) is 4. The van der Waals surface area contributed by atoms with E-state index in [0.717, 1.165) is 54.9 Å². The summed E-state index contributed by atoms with van der Waals surface area (Å²) in [5, 5.41) is 11.8. The highest BCUT2D eigenvalue weighted by molar-refractivity contribution is 6.00. The summed E-state index contributed by atoms with van der Waals surface area (Å²) in [4.78, 5) is 16.4. The molecular weight excluding hydrogens is 409 g/mol. The number of anilines is 3. The summed E-state index contributed by atoms with van der Waals surface area (Å²) in [5.74, 6) is -0.423. The third kappa shape index (κ3) is 4.12. The van der Waals surface area contributed by atoms with Crippen molar-refractivity contribution in [1.29, 1.82) is 0 Å². The van der Waals surface area contributed by atoms with Crippen LogP contribution in [0.15, 0.2) is 30.5 Å². The lowest BCUT2D eigenvalue weighted by Crippen LogP contribution is -2.43. The molecule has 0 saturated heterocycles. The van der Waals surface area contributed by atoms with Gasteiger partial charge in [-0.2, -0.15) is 5.10 Å². The van der Waals surface area contributed by atoms with E-state index in [1.54, 1.807) is 6.20 Å². The van der Waals surface area contributed by atoms with E-state index in [0.29, 0.717) is 5.92 Å². The number of aromatic nitrogens is 3. The van der Waals surface area contributed by atoms with Crippen LogP contribution in [-0.2, 0) is 6.54 Å². The molecule has 2 aliphatic carbocycles. The Labute approximate surface area is 185 Å². The predicted octanol–water partition coefficient (Wildman–Crippen LogP) is 3.50. The molecule has 0 radical (unpaired) electrons. The molecule has 0 bridgehead atoms. The first-order valence-electron chi connectivity index (χ1n) is 11.2. The standard InChI is InChI=1S/C23H28FN7O/c24-16-10-14(21(26)32)22(30-23(16)29-19-5-2-1-4-17(19)25)28-18-6-3-7-20-15(18)11-27-31(20)12-13-8-9-13/h3,6-7,10-11,13,17,19H,1-2,4-5,8-9,12,25H2,(H2,26,32)(H2,28,29,30)/t17-,19+/m0/s1. The fourth-order valence-electron chi connectivity index (χ4n) is 4.42. The topological polar surface area (TPSA) is 124 Å². The van der Waals surface area contributed by atoms with Crippen LogP contribution in [0.2, 0.25) is 0 Å². The third-order valence-corrected chi connectivity index (χ3v) is 6.45. The second-order valence-corrected chi connectivity index (χ2v) is 8.91. The molecule has 32 heavy (non-hydrogen) atoms. The van der Waals surface area contributed by atoms with Crippen molar-refractivity contribution in [2.45, 2.75) is 57.2 Å². The first kappa shape index (κ1) is 20.7. The fraction of sp³-hybridized carbons (Fsp3) is 0.435. The number of primary amides is 1. The number of benzene rings is 1. The van der Waals surface area contributed by atoms with Gasteiger partial charge in [0.05, 0.1) is 23.0 Å². The summed E-state index contributed by atoms with van der Waals surface area (Å²) in [6, 6.07) is 6.81. The van der Waals surface area contributed by atoms with Crippen LogP contribution in [0.25, 0.3) is 10.9 Å². The monoisotopic (exact) mass is 437 g/mol. The Morgan fingerprint density at radius 1 is 1.19 bits per heavy atom. The molecule has 168 valence electrons. The van der Waals surface area contributed by atoms with E-state index in [2.05, 4.69) is 20.7 Å². The Hall–Kier alpha value is -3.20. The zero-order chi connectivity index (χ0) is 22.2. The van der Waals surface area contributed by atoms with Crippen molar-refractivity contribution >= 4 is 34.1 Å². The molecule has 8 nitrogen and oxygen atoms in total.